The highest BCUT2D eigenvalue weighted by Crippen LogP contribution is 2.17. The number of hydrogen-bond acceptors (Lipinski definition) is 5. The van der Waals surface area contributed by atoms with E-state index in [9.17, 15) is 14.7 Å². The number of carboxylic acid groups (broad SMARTS) is 1. The summed E-state index contributed by atoms with van der Waals surface area (Å²) in [6, 6.07) is 8.19. The number of benzene rings is 1. The SMILES string of the molecule is Cc1nn(CC(=O)OC(C)C)c(C)c1CN[C@H](C(=O)O)c1ccccc1. The van der Waals surface area contributed by atoms with Gasteiger partial charge in [0.15, 0.2) is 0 Å². The second-order valence-electron chi connectivity index (χ2n) is 6.41. The highest BCUT2D eigenvalue weighted by atomic mass is 16.5. The molecule has 7 heteroatoms. The zero-order valence-electron chi connectivity index (χ0n) is 15.5. The van der Waals surface area contributed by atoms with Crippen LogP contribution in [-0.2, 0) is 27.4 Å². The normalized spacial score (nSPS) is 12.2. The Bertz CT molecular complexity index is 769. The maximum Gasteiger partial charge on any atom is 0.328 e. The Labute approximate surface area is 153 Å². The van der Waals surface area contributed by atoms with E-state index < -0.39 is 12.0 Å². The van der Waals surface area contributed by atoms with Crippen LogP contribution in [0.3, 0.4) is 0 Å². The van der Waals surface area contributed by atoms with E-state index in [1.807, 2.05) is 32.0 Å². The number of hydrogen-bond donors (Lipinski definition) is 2. The maximum atomic E-state index is 11.9. The lowest BCUT2D eigenvalue weighted by molar-refractivity contribution is -0.148. The molecule has 2 rings (SSSR count). The average molecular weight is 359 g/mol. The zero-order chi connectivity index (χ0) is 19.3. The number of esters is 1. The predicted molar refractivity (Wildman–Crippen MR) is 96.6 cm³/mol. The highest BCUT2D eigenvalue weighted by molar-refractivity contribution is 5.75. The van der Waals surface area contributed by atoms with Gasteiger partial charge in [0.05, 0.1) is 11.8 Å². The molecule has 0 aliphatic heterocycles. The molecule has 2 N–H and O–H groups in total. The van der Waals surface area contributed by atoms with Crippen LogP contribution in [0.1, 0.15) is 42.4 Å². The molecule has 26 heavy (non-hydrogen) atoms. The summed E-state index contributed by atoms with van der Waals surface area (Å²) in [6.45, 7) is 7.66. The molecule has 0 saturated heterocycles. The minimum Gasteiger partial charge on any atom is -0.480 e. The van der Waals surface area contributed by atoms with Crippen molar-refractivity contribution < 1.29 is 19.4 Å². The number of aryl methyl sites for hydroxylation is 1. The summed E-state index contributed by atoms with van der Waals surface area (Å²) in [5.41, 5.74) is 3.13. The Morgan fingerprint density at radius 1 is 1.23 bits per heavy atom. The van der Waals surface area contributed by atoms with Crippen molar-refractivity contribution in [1.82, 2.24) is 15.1 Å². The van der Waals surface area contributed by atoms with Crippen LogP contribution in [0.5, 0.6) is 0 Å². The van der Waals surface area contributed by atoms with Gasteiger partial charge >= 0.3 is 11.9 Å². The van der Waals surface area contributed by atoms with Crippen molar-refractivity contribution in [2.45, 2.75) is 52.9 Å². The van der Waals surface area contributed by atoms with Gasteiger partial charge in [-0.1, -0.05) is 30.3 Å². The van der Waals surface area contributed by atoms with E-state index >= 15 is 0 Å². The Morgan fingerprint density at radius 3 is 2.46 bits per heavy atom. The summed E-state index contributed by atoms with van der Waals surface area (Å²) in [5.74, 6) is -1.29. The molecule has 1 atom stereocenters. The number of nitrogens with one attached hydrogen (secondary N) is 1. The topological polar surface area (TPSA) is 93.5 Å². The van der Waals surface area contributed by atoms with Crippen LogP contribution in [0, 0.1) is 13.8 Å². The Kier molecular flexibility index (Phi) is 6.52. The molecule has 0 bridgehead atoms. The van der Waals surface area contributed by atoms with Crippen LogP contribution in [0.2, 0.25) is 0 Å². The van der Waals surface area contributed by atoms with Crippen molar-refractivity contribution in [3.8, 4) is 0 Å². The lowest BCUT2D eigenvalue weighted by Gasteiger charge is -2.15. The molecule has 1 aromatic carbocycles. The van der Waals surface area contributed by atoms with Gasteiger partial charge < -0.3 is 9.84 Å². The van der Waals surface area contributed by atoms with E-state index in [0.29, 0.717) is 12.1 Å². The molecule has 0 aliphatic rings. The van der Waals surface area contributed by atoms with Gasteiger partial charge in [-0.2, -0.15) is 5.10 Å². The Morgan fingerprint density at radius 2 is 1.88 bits per heavy atom. The number of ether oxygens (including phenoxy) is 1. The minimum absolute atomic E-state index is 0.0336. The number of aliphatic carboxylic acids is 1. The van der Waals surface area contributed by atoms with Crippen molar-refractivity contribution >= 4 is 11.9 Å². The molecular formula is C19H25N3O4. The molecule has 0 unspecified atom stereocenters. The van der Waals surface area contributed by atoms with E-state index in [4.69, 9.17) is 4.74 Å². The first-order valence-corrected chi connectivity index (χ1v) is 8.53. The first-order chi connectivity index (χ1) is 12.3. The third-order valence-electron chi connectivity index (χ3n) is 4.04. The van der Waals surface area contributed by atoms with Crippen LogP contribution >= 0.6 is 0 Å². The molecule has 0 amide bonds. The molecule has 0 saturated carbocycles. The summed E-state index contributed by atoms with van der Waals surface area (Å²) in [6.07, 6.45) is -0.178. The van der Waals surface area contributed by atoms with Gasteiger partial charge in [0.25, 0.3) is 0 Å². The maximum absolute atomic E-state index is 11.9. The van der Waals surface area contributed by atoms with Gasteiger partial charge in [-0.05, 0) is 33.3 Å². The first kappa shape index (κ1) is 19.7. The summed E-state index contributed by atoms with van der Waals surface area (Å²) in [7, 11) is 0. The summed E-state index contributed by atoms with van der Waals surface area (Å²) in [5, 5.41) is 17.0. The minimum atomic E-state index is -0.945. The highest BCUT2D eigenvalue weighted by Gasteiger charge is 2.21. The van der Waals surface area contributed by atoms with Crippen LogP contribution in [0.25, 0.3) is 0 Å². The number of nitrogens with zero attached hydrogens (tertiary/aromatic N) is 2. The summed E-state index contributed by atoms with van der Waals surface area (Å²) < 4.78 is 6.75. The van der Waals surface area contributed by atoms with Gasteiger partial charge in [-0.3, -0.25) is 19.6 Å². The van der Waals surface area contributed by atoms with Gasteiger partial charge in [-0.25, -0.2) is 0 Å². The van der Waals surface area contributed by atoms with Crippen molar-refractivity contribution in [2.75, 3.05) is 0 Å². The summed E-state index contributed by atoms with van der Waals surface area (Å²) in [4.78, 5) is 23.5. The fourth-order valence-electron chi connectivity index (χ4n) is 2.76. The standard InChI is InChI=1S/C19H25N3O4/c1-12(2)26-17(23)11-22-14(4)16(13(3)21-22)10-20-18(19(24)25)15-8-6-5-7-9-15/h5-9,12,18,20H,10-11H2,1-4H3,(H,24,25)/t18-/m0/s1. The molecule has 140 valence electrons. The van der Waals surface area contributed by atoms with Crippen molar-refractivity contribution in [3.63, 3.8) is 0 Å². The molecule has 2 aromatic rings. The Balaban J connectivity index is 2.12. The Hall–Kier alpha value is -2.67. The second-order valence-corrected chi connectivity index (χ2v) is 6.41. The van der Waals surface area contributed by atoms with Crippen molar-refractivity contribution in [3.05, 3.63) is 52.8 Å². The fourth-order valence-corrected chi connectivity index (χ4v) is 2.76. The molecule has 1 heterocycles. The number of carbonyl (C=O) groups excluding carboxylic acids is 1. The molecule has 0 aliphatic carbocycles. The van der Waals surface area contributed by atoms with Gasteiger partial charge in [-0.15, -0.1) is 0 Å². The van der Waals surface area contributed by atoms with E-state index in [1.165, 1.54) is 0 Å². The van der Waals surface area contributed by atoms with Gasteiger partial charge in [0.2, 0.25) is 0 Å². The number of aromatic nitrogens is 2. The smallest absolute Gasteiger partial charge is 0.328 e. The zero-order valence-corrected chi connectivity index (χ0v) is 15.5. The van der Waals surface area contributed by atoms with Crippen molar-refractivity contribution in [1.29, 1.82) is 0 Å². The van der Waals surface area contributed by atoms with E-state index in [2.05, 4.69) is 10.4 Å². The van der Waals surface area contributed by atoms with E-state index in [1.54, 1.807) is 30.7 Å². The largest absolute Gasteiger partial charge is 0.480 e. The number of carboxylic acids is 1. The monoisotopic (exact) mass is 359 g/mol. The molecule has 1 aromatic heterocycles. The first-order valence-electron chi connectivity index (χ1n) is 8.53. The quantitative estimate of drug-likeness (QED) is 0.703. The fraction of sp³-hybridized carbons (Fsp3) is 0.421. The van der Waals surface area contributed by atoms with Crippen LogP contribution in [-0.4, -0.2) is 32.9 Å². The average Bonchev–Trinajstić information content (AvgIpc) is 2.82. The third-order valence-corrected chi connectivity index (χ3v) is 4.04. The van der Waals surface area contributed by atoms with E-state index in [-0.39, 0.29) is 18.6 Å². The molecule has 7 nitrogen and oxygen atoms in total. The molecule has 0 radical (unpaired) electrons. The van der Waals surface area contributed by atoms with Crippen LogP contribution in [0.15, 0.2) is 30.3 Å². The predicted octanol–water partition coefficient (Wildman–Crippen LogP) is 2.37. The number of rotatable bonds is 8. The molecule has 0 fully saturated rings. The van der Waals surface area contributed by atoms with Crippen molar-refractivity contribution in [2.24, 2.45) is 0 Å². The third kappa shape index (κ3) is 4.92. The second kappa shape index (κ2) is 8.62. The van der Waals surface area contributed by atoms with Gasteiger partial charge in [0.1, 0.15) is 12.6 Å². The summed E-state index contributed by atoms with van der Waals surface area (Å²) >= 11 is 0. The molecule has 0 spiro atoms. The van der Waals surface area contributed by atoms with Gasteiger partial charge in [0, 0.05) is 17.8 Å². The lowest BCUT2D eigenvalue weighted by Crippen LogP contribution is -2.28. The van der Waals surface area contributed by atoms with E-state index in [0.717, 1.165) is 17.0 Å². The lowest BCUT2D eigenvalue weighted by atomic mass is 10.1. The van der Waals surface area contributed by atoms with Crippen LogP contribution < -0.4 is 5.32 Å². The number of carbonyl (C=O) groups is 2. The van der Waals surface area contributed by atoms with Crippen LogP contribution in [0.4, 0.5) is 0 Å². The molecular weight excluding hydrogens is 334 g/mol.